The van der Waals surface area contributed by atoms with Crippen LogP contribution in [0.2, 0.25) is 0 Å². The van der Waals surface area contributed by atoms with Crippen molar-refractivity contribution in [2.24, 2.45) is 0 Å². The van der Waals surface area contributed by atoms with Gasteiger partial charge in [-0.3, -0.25) is 4.98 Å². The first-order valence-corrected chi connectivity index (χ1v) is 7.98. The summed E-state index contributed by atoms with van der Waals surface area (Å²) < 4.78 is 1.89. The van der Waals surface area contributed by atoms with Gasteiger partial charge in [0.2, 0.25) is 0 Å². The standard InChI is InChI=1S/C21H18N2O/c1-15-4-6-16(7-5-15)13-23-14-19-11-17(8-9-20(19)21(23)24)18-3-2-10-22-12-18/h2-12,14,24H,13H2,1H3. The first-order valence-electron chi connectivity index (χ1n) is 7.98. The summed E-state index contributed by atoms with van der Waals surface area (Å²) in [5, 5.41) is 12.4. The molecule has 0 saturated carbocycles. The largest absolute Gasteiger partial charge is 0.494 e. The van der Waals surface area contributed by atoms with Crippen LogP contribution >= 0.6 is 0 Å². The molecule has 1 N–H and O–H groups in total. The van der Waals surface area contributed by atoms with Crippen LogP contribution in [0, 0.1) is 6.92 Å². The molecule has 4 aromatic rings. The van der Waals surface area contributed by atoms with Crippen molar-refractivity contribution in [2.45, 2.75) is 13.5 Å². The SMILES string of the molecule is Cc1ccc(Cn2cc3cc(-c4cccnc4)ccc3c2O)cc1. The molecule has 0 saturated heterocycles. The summed E-state index contributed by atoms with van der Waals surface area (Å²) in [6.07, 6.45) is 5.63. The van der Waals surface area contributed by atoms with E-state index < -0.39 is 0 Å². The zero-order chi connectivity index (χ0) is 16.5. The quantitative estimate of drug-likeness (QED) is 0.592. The fourth-order valence-electron chi connectivity index (χ4n) is 2.98. The Hall–Kier alpha value is -3.07. The molecule has 0 bridgehead atoms. The van der Waals surface area contributed by atoms with Gasteiger partial charge in [-0.1, -0.05) is 42.0 Å². The number of hydrogen-bond acceptors (Lipinski definition) is 2. The van der Waals surface area contributed by atoms with Crippen molar-refractivity contribution in [1.29, 1.82) is 0 Å². The predicted molar refractivity (Wildman–Crippen MR) is 97.1 cm³/mol. The number of pyridine rings is 1. The molecule has 0 aliphatic heterocycles. The zero-order valence-corrected chi connectivity index (χ0v) is 13.5. The van der Waals surface area contributed by atoms with E-state index in [2.05, 4.69) is 42.2 Å². The minimum absolute atomic E-state index is 0.309. The molecule has 0 atom stereocenters. The van der Waals surface area contributed by atoms with Crippen LogP contribution in [0.5, 0.6) is 5.88 Å². The van der Waals surface area contributed by atoms with Crippen LogP contribution in [0.3, 0.4) is 0 Å². The molecule has 24 heavy (non-hydrogen) atoms. The Labute approximate surface area is 140 Å². The van der Waals surface area contributed by atoms with Crippen molar-refractivity contribution >= 4 is 10.8 Å². The summed E-state index contributed by atoms with van der Waals surface area (Å²) in [5.74, 6) is 0.309. The average Bonchev–Trinajstić information content (AvgIpc) is 2.93. The van der Waals surface area contributed by atoms with Crippen molar-refractivity contribution in [3.8, 4) is 17.0 Å². The van der Waals surface area contributed by atoms with Gasteiger partial charge in [-0.25, -0.2) is 0 Å². The number of benzene rings is 2. The summed E-state index contributed by atoms with van der Waals surface area (Å²) in [6, 6.07) is 18.4. The van der Waals surface area contributed by atoms with E-state index in [9.17, 15) is 5.11 Å². The number of aromatic nitrogens is 2. The topological polar surface area (TPSA) is 38.0 Å². The van der Waals surface area contributed by atoms with Crippen LogP contribution in [-0.4, -0.2) is 14.7 Å². The molecule has 2 aromatic carbocycles. The van der Waals surface area contributed by atoms with E-state index in [1.807, 2.05) is 41.2 Å². The van der Waals surface area contributed by atoms with Crippen molar-refractivity contribution in [3.63, 3.8) is 0 Å². The van der Waals surface area contributed by atoms with Gasteiger partial charge in [0.15, 0.2) is 5.88 Å². The summed E-state index contributed by atoms with van der Waals surface area (Å²) in [7, 11) is 0. The second-order valence-corrected chi connectivity index (χ2v) is 6.11. The van der Waals surface area contributed by atoms with E-state index in [0.717, 1.165) is 21.9 Å². The molecule has 0 unspecified atom stereocenters. The summed E-state index contributed by atoms with van der Waals surface area (Å²) >= 11 is 0. The Bertz CT molecular complexity index is 986. The van der Waals surface area contributed by atoms with E-state index >= 15 is 0 Å². The first kappa shape index (κ1) is 14.5. The van der Waals surface area contributed by atoms with E-state index in [1.54, 1.807) is 6.20 Å². The van der Waals surface area contributed by atoms with Crippen LogP contribution in [0.15, 0.2) is 73.2 Å². The van der Waals surface area contributed by atoms with E-state index in [1.165, 1.54) is 11.1 Å². The molecule has 0 radical (unpaired) electrons. The fraction of sp³-hybridized carbons (Fsp3) is 0.0952. The van der Waals surface area contributed by atoms with Crippen LogP contribution < -0.4 is 0 Å². The van der Waals surface area contributed by atoms with Gasteiger partial charge < -0.3 is 9.67 Å². The third-order valence-corrected chi connectivity index (χ3v) is 4.33. The van der Waals surface area contributed by atoms with Crippen molar-refractivity contribution in [3.05, 3.63) is 84.3 Å². The van der Waals surface area contributed by atoms with E-state index in [0.29, 0.717) is 12.4 Å². The van der Waals surface area contributed by atoms with Crippen molar-refractivity contribution < 1.29 is 5.11 Å². The highest BCUT2D eigenvalue weighted by atomic mass is 16.3. The molecular weight excluding hydrogens is 296 g/mol. The van der Waals surface area contributed by atoms with E-state index in [-0.39, 0.29) is 0 Å². The van der Waals surface area contributed by atoms with Gasteiger partial charge in [0.25, 0.3) is 0 Å². The average molecular weight is 314 g/mol. The molecule has 3 heteroatoms. The maximum Gasteiger partial charge on any atom is 0.199 e. The highest BCUT2D eigenvalue weighted by Crippen LogP contribution is 2.31. The first-order chi connectivity index (χ1) is 11.7. The summed E-state index contributed by atoms with van der Waals surface area (Å²) in [6.45, 7) is 2.73. The van der Waals surface area contributed by atoms with Crippen LogP contribution in [0.4, 0.5) is 0 Å². The normalized spacial score (nSPS) is 11.0. The molecule has 0 spiro atoms. The third-order valence-electron chi connectivity index (χ3n) is 4.33. The maximum absolute atomic E-state index is 10.5. The van der Waals surface area contributed by atoms with Gasteiger partial charge >= 0.3 is 0 Å². The lowest BCUT2D eigenvalue weighted by molar-refractivity contribution is 0.430. The molecule has 3 nitrogen and oxygen atoms in total. The Kier molecular flexibility index (Phi) is 3.54. The summed E-state index contributed by atoms with van der Waals surface area (Å²) in [5.41, 5.74) is 4.58. The molecule has 118 valence electrons. The van der Waals surface area contributed by atoms with E-state index in [4.69, 9.17) is 0 Å². The zero-order valence-electron chi connectivity index (χ0n) is 13.5. The minimum Gasteiger partial charge on any atom is -0.494 e. The molecule has 0 aliphatic rings. The fourth-order valence-corrected chi connectivity index (χ4v) is 2.98. The number of nitrogens with zero attached hydrogens (tertiary/aromatic N) is 2. The van der Waals surface area contributed by atoms with Crippen molar-refractivity contribution in [2.75, 3.05) is 0 Å². The number of rotatable bonds is 3. The van der Waals surface area contributed by atoms with Gasteiger partial charge in [0.1, 0.15) is 0 Å². The molecule has 2 aromatic heterocycles. The molecule has 0 fully saturated rings. The lowest BCUT2D eigenvalue weighted by Crippen LogP contribution is -1.96. The maximum atomic E-state index is 10.5. The monoisotopic (exact) mass is 314 g/mol. The molecule has 0 amide bonds. The van der Waals surface area contributed by atoms with Crippen LogP contribution in [-0.2, 0) is 6.54 Å². The Balaban J connectivity index is 1.73. The van der Waals surface area contributed by atoms with Gasteiger partial charge in [-0.05, 0) is 36.2 Å². The second kappa shape index (κ2) is 5.85. The van der Waals surface area contributed by atoms with Crippen molar-refractivity contribution in [1.82, 2.24) is 9.55 Å². The second-order valence-electron chi connectivity index (χ2n) is 6.11. The molecular formula is C21H18N2O. The Morgan fingerprint density at radius 1 is 1.00 bits per heavy atom. The number of aryl methyl sites for hydroxylation is 1. The molecule has 4 rings (SSSR count). The lowest BCUT2D eigenvalue weighted by Gasteiger charge is -2.05. The Morgan fingerprint density at radius 2 is 1.83 bits per heavy atom. The minimum atomic E-state index is 0.309. The lowest BCUT2D eigenvalue weighted by atomic mass is 10.1. The van der Waals surface area contributed by atoms with Crippen LogP contribution in [0.25, 0.3) is 21.9 Å². The molecule has 2 heterocycles. The van der Waals surface area contributed by atoms with Gasteiger partial charge in [0, 0.05) is 34.9 Å². The summed E-state index contributed by atoms with van der Waals surface area (Å²) in [4.78, 5) is 4.17. The Morgan fingerprint density at radius 3 is 2.58 bits per heavy atom. The number of fused-ring (bicyclic) bond motifs is 1. The van der Waals surface area contributed by atoms with Gasteiger partial charge in [-0.2, -0.15) is 0 Å². The van der Waals surface area contributed by atoms with Gasteiger partial charge in [-0.15, -0.1) is 0 Å². The predicted octanol–water partition coefficient (Wildman–Crippen LogP) is 4.77. The number of hydrogen-bond donors (Lipinski definition) is 1. The van der Waals surface area contributed by atoms with Crippen LogP contribution in [0.1, 0.15) is 11.1 Å². The third kappa shape index (κ3) is 2.65. The highest BCUT2D eigenvalue weighted by Gasteiger charge is 2.10. The smallest absolute Gasteiger partial charge is 0.199 e. The highest BCUT2D eigenvalue weighted by molar-refractivity contribution is 5.91. The number of aromatic hydroxyl groups is 1. The molecule has 0 aliphatic carbocycles. The van der Waals surface area contributed by atoms with Gasteiger partial charge in [0.05, 0.1) is 6.54 Å².